The van der Waals surface area contributed by atoms with E-state index in [1.165, 1.54) is 19.1 Å². The number of rotatable bonds is 4. The SMILES string of the molecule is CCOC(=O)C(F)(F)[C@@H](N)c1cc(Br)c(O)c(Br)c1. The van der Waals surface area contributed by atoms with Crippen LogP contribution >= 0.6 is 31.9 Å². The average Bonchev–Trinajstić information content (AvgIpc) is 2.34. The van der Waals surface area contributed by atoms with Gasteiger partial charge in [0, 0.05) is 0 Å². The van der Waals surface area contributed by atoms with Gasteiger partial charge in [0.25, 0.3) is 0 Å². The van der Waals surface area contributed by atoms with Crippen LogP contribution in [0.4, 0.5) is 8.78 Å². The molecule has 0 spiro atoms. The molecule has 0 fully saturated rings. The molecule has 0 saturated carbocycles. The van der Waals surface area contributed by atoms with Gasteiger partial charge in [-0.15, -0.1) is 0 Å². The van der Waals surface area contributed by atoms with Gasteiger partial charge < -0.3 is 15.6 Å². The molecule has 3 N–H and O–H groups in total. The summed E-state index contributed by atoms with van der Waals surface area (Å²) in [4.78, 5) is 11.2. The first-order chi connectivity index (χ1) is 8.71. The quantitative estimate of drug-likeness (QED) is 0.759. The lowest BCUT2D eigenvalue weighted by Gasteiger charge is -2.22. The van der Waals surface area contributed by atoms with Crippen molar-refractivity contribution in [3.05, 3.63) is 26.6 Å². The first-order valence-electron chi connectivity index (χ1n) is 5.20. The number of hydrogen-bond acceptors (Lipinski definition) is 4. The van der Waals surface area contributed by atoms with E-state index >= 15 is 0 Å². The van der Waals surface area contributed by atoms with Crippen LogP contribution in [0.15, 0.2) is 21.1 Å². The van der Waals surface area contributed by atoms with E-state index in [0.29, 0.717) is 0 Å². The zero-order valence-electron chi connectivity index (χ0n) is 9.79. The van der Waals surface area contributed by atoms with E-state index < -0.39 is 17.9 Å². The Kier molecular flexibility index (Phi) is 5.28. The summed E-state index contributed by atoms with van der Waals surface area (Å²) in [5.74, 6) is -5.68. The predicted octanol–water partition coefficient (Wildman–Crippen LogP) is 3.12. The normalized spacial score (nSPS) is 13.2. The molecular weight excluding hydrogens is 392 g/mol. The number of benzene rings is 1. The van der Waals surface area contributed by atoms with Gasteiger partial charge in [0.05, 0.1) is 15.6 Å². The van der Waals surface area contributed by atoms with Gasteiger partial charge in [-0.2, -0.15) is 8.78 Å². The zero-order valence-corrected chi connectivity index (χ0v) is 13.0. The number of phenols is 1. The Balaban J connectivity index is 3.12. The summed E-state index contributed by atoms with van der Waals surface area (Å²) in [6.07, 6.45) is 0. The first kappa shape index (κ1) is 16.3. The van der Waals surface area contributed by atoms with Gasteiger partial charge in [0.15, 0.2) is 0 Å². The Labute approximate surface area is 125 Å². The van der Waals surface area contributed by atoms with E-state index in [9.17, 15) is 18.7 Å². The molecule has 1 aromatic rings. The second-order valence-corrected chi connectivity index (χ2v) is 5.36. The number of aromatic hydroxyl groups is 1. The van der Waals surface area contributed by atoms with Gasteiger partial charge in [-0.05, 0) is 56.5 Å². The second-order valence-electron chi connectivity index (χ2n) is 3.65. The van der Waals surface area contributed by atoms with Crippen molar-refractivity contribution in [2.75, 3.05) is 6.61 Å². The van der Waals surface area contributed by atoms with Crippen LogP contribution in [-0.4, -0.2) is 23.6 Å². The van der Waals surface area contributed by atoms with Gasteiger partial charge in [0.1, 0.15) is 11.8 Å². The fraction of sp³-hybridized carbons (Fsp3) is 0.364. The van der Waals surface area contributed by atoms with Crippen molar-refractivity contribution in [1.82, 2.24) is 0 Å². The molecule has 0 unspecified atom stereocenters. The molecule has 0 aliphatic carbocycles. The number of carbonyl (C=O) groups excluding carboxylic acids is 1. The lowest BCUT2D eigenvalue weighted by molar-refractivity contribution is -0.174. The molecule has 8 heteroatoms. The van der Waals surface area contributed by atoms with Crippen LogP contribution in [-0.2, 0) is 9.53 Å². The first-order valence-corrected chi connectivity index (χ1v) is 6.78. The number of phenolic OH excluding ortho intramolecular Hbond substituents is 1. The van der Waals surface area contributed by atoms with Crippen molar-refractivity contribution in [2.45, 2.75) is 18.9 Å². The maximum Gasteiger partial charge on any atom is 0.379 e. The number of esters is 1. The smallest absolute Gasteiger partial charge is 0.379 e. The highest BCUT2D eigenvalue weighted by molar-refractivity contribution is 9.11. The fourth-order valence-electron chi connectivity index (χ4n) is 1.33. The lowest BCUT2D eigenvalue weighted by Crippen LogP contribution is -2.41. The summed E-state index contributed by atoms with van der Waals surface area (Å²) in [6, 6.07) is 0.565. The zero-order chi connectivity index (χ0) is 14.8. The minimum absolute atomic E-state index is 0.0189. The number of alkyl halides is 2. The topological polar surface area (TPSA) is 72.5 Å². The Morgan fingerprint density at radius 3 is 2.37 bits per heavy atom. The number of ether oxygens (including phenoxy) is 1. The van der Waals surface area contributed by atoms with Crippen molar-refractivity contribution < 1.29 is 23.4 Å². The van der Waals surface area contributed by atoms with E-state index in [2.05, 4.69) is 36.6 Å². The third-order valence-corrected chi connectivity index (χ3v) is 3.55. The molecule has 1 atom stereocenters. The van der Waals surface area contributed by atoms with Gasteiger partial charge in [0.2, 0.25) is 0 Å². The summed E-state index contributed by atoms with van der Waals surface area (Å²) in [7, 11) is 0. The molecule has 0 amide bonds. The summed E-state index contributed by atoms with van der Waals surface area (Å²) in [6.45, 7) is 1.26. The van der Waals surface area contributed by atoms with Gasteiger partial charge in [-0.3, -0.25) is 0 Å². The number of hydrogen-bond donors (Lipinski definition) is 2. The minimum atomic E-state index is -3.86. The molecule has 0 aliphatic rings. The summed E-state index contributed by atoms with van der Waals surface area (Å²) < 4.78 is 32.2. The largest absolute Gasteiger partial charge is 0.506 e. The highest BCUT2D eigenvalue weighted by atomic mass is 79.9. The fourth-order valence-corrected chi connectivity index (χ4v) is 2.55. The van der Waals surface area contributed by atoms with Crippen molar-refractivity contribution >= 4 is 37.8 Å². The molecule has 4 nitrogen and oxygen atoms in total. The van der Waals surface area contributed by atoms with E-state index in [0.717, 1.165) is 0 Å². The standard InChI is InChI=1S/C11H11Br2F2NO3/c1-2-19-10(18)11(14,15)9(16)5-3-6(12)8(17)7(13)4-5/h3-4,9,17H,2,16H2,1H3/t9-/m0/s1. The van der Waals surface area contributed by atoms with Crippen LogP contribution < -0.4 is 5.73 Å². The molecule has 0 saturated heterocycles. The third-order valence-electron chi connectivity index (χ3n) is 2.34. The third kappa shape index (κ3) is 3.43. The molecular formula is C11H11Br2F2NO3. The molecule has 1 rings (SSSR count). The van der Waals surface area contributed by atoms with Crippen LogP contribution in [0, 0.1) is 0 Å². The number of nitrogens with two attached hydrogens (primary N) is 1. The maximum absolute atomic E-state index is 13.8. The molecule has 0 aromatic heterocycles. The summed E-state index contributed by atoms with van der Waals surface area (Å²) in [5, 5.41) is 9.50. The summed E-state index contributed by atoms with van der Waals surface area (Å²) in [5.41, 5.74) is 5.40. The van der Waals surface area contributed by atoms with E-state index in [-0.39, 0.29) is 26.9 Å². The van der Waals surface area contributed by atoms with Crippen molar-refractivity contribution in [1.29, 1.82) is 0 Å². The lowest BCUT2D eigenvalue weighted by atomic mass is 10.0. The van der Waals surface area contributed by atoms with E-state index in [1.54, 1.807) is 0 Å². The van der Waals surface area contributed by atoms with E-state index in [4.69, 9.17) is 5.73 Å². The van der Waals surface area contributed by atoms with Gasteiger partial charge in [-0.1, -0.05) is 0 Å². The number of halogens is 4. The van der Waals surface area contributed by atoms with Crippen LogP contribution in [0.3, 0.4) is 0 Å². The highest BCUT2D eigenvalue weighted by Gasteiger charge is 2.48. The predicted molar refractivity (Wildman–Crippen MR) is 72.0 cm³/mol. The Bertz CT molecular complexity index is 474. The Hall–Kier alpha value is -0.730. The van der Waals surface area contributed by atoms with E-state index in [1.807, 2.05) is 0 Å². The molecule has 0 heterocycles. The van der Waals surface area contributed by atoms with Crippen LogP contribution in [0.1, 0.15) is 18.5 Å². The molecule has 106 valence electrons. The van der Waals surface area contributed by atoms with Gasteiger partial charge in [-0.25, -0.2) is 4.79 Å². The van der Waals surface area contributed by atoms with Crippen molar-refractivity contribution in [3.63, 3.8) is 0 Å². The van der Waals surface area contributed by atoms with Crippen LogP contribution in [0.2, 0.25) is 0 Å². The van der Waals surface area contributed by atoms with Crippen LogP contribution in [0.5, 0.6) is 5.75 Å². The molecule has 0 bridgehead atoms. The minimum Gasteiger partial charge on any atom is -0.506 e. The monoisotopic (exact) mass is 401 g/mol. The van der Waals surface area contributed by atoms with Crippen LogP contribution in [0.25, 0.3) is 0 Å². The Morgan fingerprint density at radius 1 is 1.47 bits per heavy atom. The second kappa shape index (κ2) is 6.15. The molecule has 1 aromatic carbocycles. The maximum atomic E-state index is 13.8. The number of carbonyl (C=O) groups is 1. The Morgan fingerprint density at radius 2 is 1.95 bits per heavy atom. The van der Waals surface area contributed by atoms with Crippen molar-refractivity contribution in [3.8, 4) is 5.75 Å². The molecule has 0 radical (unpaired) electrons. The highest BCUT2D eigenvalue weighted by Crippen LogP contribution is 2.38. The van der Waals surface area contributed by atoms with Crippen molar-refractivity contribution in [2.24, 2.45) is 5.73 Å². The average molecular weight is 403 g/mol. The molecule has 0 aliphatic heterocycles. The molecule has 19 heavy (non-hydrogen) atoms. The van der Waals surface area contributed by atoms with Gasteiger partial charge >= 0.3 is 11.9 Å². The summed E-state index contributed by atoms with van der Waals surface area (Å²) >= 11 is 6.01.